The van der Waals surface area contributed by atoms with Gasteiger partial charge in [0.15, 0.2) is 5.96 Å². The molecule has 2 N–H and O–H groups in total. The summed E-state index contributed by atoms with van der Waals surface area (Å²) in [4.78, 5) is 8.46. The number of halogens is 1. The smallest absolute Gasteiger partial charge is 0.191 e. The summed E-state index contributed by atoms with van der Waals surface area (Å²) in [6, 6.07) is 8.15. The van der Waals surface area contributed by atoms with Gasteiger partial charge in [-0.3, -0.25) is 4.99 Å². The number of ether oxygens (including phenoxy) is 1. The van der Waals surface area contributed by atoms with Crippen molar-refractivity contribution in [1.29, 1.82) is 0 Å². The van der Waals surface area contributed by atoms with Crippen LogP contribution in [0.25, 0.3) is 0 Å². The van der Waals surface area contributed by atoms with Crippen molar-refractivity contribution in [3.05, 3.63) is 24.3 Å². The minimum absolute atomic E-state index is 0. The lowest BCUT2D eigenvalue weighted by Crippen LogP contribution is -2.51. The van der Waals surface area contributed by atoms with Gasteiger partial charge in [0, 0.05) is 45.0 Å². The van der Waals surface area contributed by atoms with Crippen LogP contribution in [0.1, 0.15) is 0 Å². The Morgan fingerprint density at radius 3 is 2.53 bits per heavy atom. The summed E-state index contributed by atoms with van der Waals surface area (Å²) in [6.07, 6.45) is 0. The van der Waals surface area contributed by atoms with Crippen LogP contribution in [0.2, 0.25) is 0 Å². The molecule has 1 aromatic carbocycles. The molecule has 19 heavy (non-hydrogen) atoms. The molecule has 1 fully saturated rings. The van der Waals surface area contributed by atoms with Crippen molar-refractivity contribution in [3.8, 4) is 5.75 Å². The second-order valence-corrected chi connectivity index (χ2v) is 4.26. The van der Waals surface area contributed by atoms with E-state index in [0.29, 0.717) is 5.96 Å². The molecule has 1 aromatic rings. The maximum atomic E-state index is 5.81. The second-order valence-electron chi connectivity index (χ2n) is 4.26. The lowest BCUT2D eigenvalue weighted by molar-refractivity contribution is 0.381. The van der Waals surface area contributed by atoms with Gasteiger partial charge < -0.3 is 20.3 Å². The number of piperazine rings is 1. The lowest BCUT2D eigenvalue weighted by atomic mass is 10.2. The lowest BCUT2D eigenvalue weighted by Gasteiger charge is -2.36. The third kappa shape index (κ3) is 3.89. The topological polar surface area (TPSA) is 54.1 Å². The SMILES string of the molecule is CN=C(N)N1CCN(c2cccc(OC)c2)CC1.I. The molecule has 6 heteroatoms. The third-order valence-corrected chi connectivity index (χ3v) is 3.25. The van der Waals surface area contributed by atoms with Crippen LogP contribution in [-0.4, -0.2) is 51.2 Å². The molecule has 2 rings (SSSR count). The number of aliphatic imine (C=N–C) groups is 1. The molecule has 5 nitrogen and oxygen atoms in total. The molecule has 0 aromatic heterocycles. The number of nitrogens with zero attached hydrogens (tertiary/aromatic N) is 3. The molecule has 1 heterocycles. The highest BCUT2D eigenvalue weighted by Gasteiger charge is 2.18. The van der Waals surface area contributed by atoms with Gasteiger partial charge in [-0.15, -0.1) is 24.0 Å². The molecule has 0 atom stereocenters. The van der Waals surface area contributed by atoms with Gasteiger partial charge in [-0.05, 0) is 12.1 Å². The first-order valence-corrected chi connectivity index (χ1v) is 6.11. The summed E-state index contributed by atoms with van der Waals surface area (Å²) < 4.78 is 5.25. The summed E-state index contributed by atoms with van der Waals surface area (Å²) in [5.74, 6) is 1.52. The predicted octanol–water partition coefficient (Wildman–Crippen LogP) is 1.38. The number of guanidine groups is 1. The van der Waals surface area contributed by atoms with E-state index >= 15 is 0 Å². The van der Waals surface area contributed by atoms with Crippen LogP contribution >= 0.6 is 24.0 Å². The van der Waals surface area contributed by atoms with Crippen molar-refractivity contribution in [2.45, 2.75) is 0 Å². The van der Waals surface area contributed by atoms with Crippen LogP contribution in [0.15, 0.2) is 29.3 Å². The van der Waals surface area contributed by atoms with Crippen LogP contribution in [-0.2, 0) is 0 Å². The van der Waals surface area contributed by atoms with Crippen LogP contribution in [0.3, 0.4) is 0 Å². The van der Waals surface area contributed by atoms with E-state index in [0.717, 1.165) is 31.9 Å². The van der Waals surface area contributed by atoms with Gasteiger partial charge in [-0.1, -0.05) is 6.07 Å². The molecule has 1 aliphatic rings. The quantitative estimate of drug-likeness (QED) is 0.482. The van der Waals surface area contributed by atoms with Gasteiger partial charge in [0.25, 0.3) is 0 Å². The summed E-state index contributed by atoms with van der Waals surface area (Å²) in [6.45, 7) is 3.70. The zero-order valence-corrected chi connectivity index (χ0v) is 13.7. The molecule has 1 aliphatic heterocycles. The van der Waals surface area contributed by atoms with E-state index in [4.69, 9.17) is 10.5 Å². The molecule has 1 saturated heterocycles. The molecule has 0 saturated carbocycles. The molecule has 106 valence electrons. The van der Waals surface area contributed by atoms with Crippen molar-refractivity contribution in [1.82, 2.24) is 4.90 Å². The Hall–Kier alpha value is -1.18. The third-order valence-electron chi connectivity index (χ3n) is 3.25. The van der Waals surface area contributed by atoms with Crippen molar-refractivity contribution in [2.75, 3.05) is 45.2 Å². The number of anilines is 1. The summed E-state index contributed by atoms with van der Waals surface area (Å²) in [7, 11) is 3.42. The van der Waals surface area contributed by atoms with Crippen LogP contribution in [0.5, 0.6) is 5.75 Å². The number of hydrogen-bond donors (Lipinski definition) is 1. The monoisotopic (exact) mass is 376 g/mol. The van der Waals surface area contributed by atoms with Gasteiger partial charge in [-0.25, -0.2) is 0 Å². The highest BCUT2D eigenvalue weighted by molar-refractivity contribution is 14.0. The van der Waals surface area contributed by atoms with Crippen LogP contribution < -0.4 is 15.4 Å². The Morgan fingerprint density at radius 2 is 1.95 bits per heavy atom. The fourth-order valence-corrected chi connectivity index (χ4v) is 2.14. The number of hydrogen-bond acceptors (Lipinski definition) is 3. The average molecular weight is 376 g/mol. The largest absolute Gasteiger partial charge is 0.497 e. The average Bonchev–Trinajstić information content (AvgIpc) is 2.46. The van der Waals surface area contributed by atoms with E-state index in [1.807, 2.05) is 12.1 Å². The summed E-state index contributed by atoms with van der Waals surface area (Å²) in [5, 5.41) is 0. The first-order valence-electron chi connectivity index (χ1n) is 6.11. The molecular formula is C13H21IN4O. The van der Waals surface area contributed by atoms with E-state index in [-0.39, 0.29) is 24.0 Å². The van der Waals surface area contributed by atoms with Crippen molar-refractivity contribution in [3.63, 3.8) is 0 Å². The number of nitrogens with two attached hydrogens (primary N) is 1. The Bertz CT molecular complexity index is 430. The van der Waals surface area contributed by atoms with Gasteiger partial charge >= 0.3 is 0 Å². The Labute approximate surface area is 131 Å². The highest BCUT2D eigenvalue weighted by atomic mass is 127. The first-order chi connectivity index (χ1) is 8.74. The van der Waals surface area contributed by atoms with Crippen LogP contribution in [0.4, 0.5) is 5.69 Å². The molecule has 0 unspecified atom stereocenters. The standard InChI is InChI=1S/C13H20N4O.HI/c1-15-13(14)17-8-6-16(7-9-17)11-4-3-5-12(10-11)18-2;/h3-5,10H,6-9H2,1-2H3,(H2,14,15);1H. The van der Waals surface area contributed by atoms with E-state index in [1.165, 1.54) is 5.69 Å². The number of methoxy groups -OCH3 is 1. The molecule has 0 bridgehead atoms. The maximum absolute atomic E-state index is 5.81. The molecule has 0 amide bonds. The van der Waals surface area contributed by atoms with E-state index in [1.54, 1.807) is 14.2 Å². The van der Waals surface area contributed by atoms with Gasteiger partial charge in [0.2, 0.25) is 0 Å². The Balaban J connectivity index is 0.00000180. The maximum Gasteiger partial charge on any atom is 0.191 e. The van der Waals surface area contributed by atoms with Gasteiger partial charge in [0.1, 0.15) is 5.75 Å². The predicted molar refractivity (Wildman–Crippen MR) is 89.7 cm³/mol. The minimum Gasteiger partial charge on any atom is -0.497 e. The summed E-state index contributed by atoms with van der Waals surface area (Å²) in [5.41, 5.74) is 7.01. The van der Waals surface area contributed by atoms with Crippen molar-refractivity contribution >= 4 is 35.6 Å². The van der Waals surface area contributed by atoms with E-state index < -0.39 is 0 Å². The minimum atomic E-state index is 0. The fraction of sp³-hybridized carbons (Fsp3) is 0.462. The van der Waals surface area contributed by atoms with E-state index in [2.05, 4.69) is 26.9 Å². The molecular weight excluding hydrogens is 355 g/mol. The van der Waals surface area contributed by atoms with Crippen molar-refractivity contribution in [2.24, 2.45) is 10.7 Å². The van der Waals surface area contributed by atoms with Crippen molar-refractivity contribution < 1.29 is 4.74 Å². The molecule has 0 spiro atoms. The normalized spacial score (nSPS) is 16.0. The van der Waals surface area contributed by atoms with Gasteiger partial charge in [0.05, 0.1) is 7.11 Å². The zero-order chi connectivity index (χ0) is 13.0. The van der Waals surface area contributed by atoms with Gasteiger partial charge in [-0.2, -0.15) is 0 Å². The fourth-order valence-electron chi connectivity index (χ4n) is 2.14. The molecule has 0 aliphatic carbocycles. The molecule has 0 radical (unpaired) electrons. The Morgan fingerprint density at radius 1 is 1.26 bits per heavy atom. The zero-order valence-electron chi connectivity index (χ0n) is 11.4. The van der Waals surface area contributed by atoms with E-state index in [9.17, 15) is 0 Å². The second kappa shape index (κ2) is 7.42. The number of rotatable bonds is 2. The Kier molecular flexibility index (Phi) is 6.20. The highest BCUT2D eigenvalue weighted by Crippen LogP contribution is 2.21. The number of benzene rings is 1. The van der Waals surface area contributed by atoms with Crippen LogP contribution in [0, 0.1) is 0 Å². The first kappa shape index (κ1) is 15.9. The summed E-state index contributed by atoms with van der Waals surface area (Å²) >= 11 is 0.